The maximum atomic E-state index is 12.0. The zero-order valence-electron chi connectivity index (χ0n) is 11.3. The smallest absolute Gasteiger partial charge is 0.355 e. The van der Waals surface area contributed by atoms with Gasteiger partial charge in [0.05, 0.1) is 6.04 Å². The Bertz CT molecular complexity index is 750. The molecule has 0 fully saturated rings. The highest BCUT2D eigenvalue weighted by Crippen LogP contribution is 2.18. The molecular weight excluding hydrogens is 294 g/mol. The number of H-pyrrole nitrogens is 1. The van der Waals surface area contributed by atoms with Crippen molar-refractivity contribution in [2.75, 3.05) is 0 Å². The molecule has 0 aromatic carbocycles. The van der Waals surface area contributed by atoms with Crippen LogP contribution >= 0.6 is 11.3 Å². The van der Waals surface area contributed by atoms with Crippen LogP contribution in [-0.4, -0.2) is 27.0 Å². The molecular formula is C13H13N3O4S. The minimum absolute atomic E-state index is 0.00228. The summed E-state index contributed by atoms with van der Waals surface area (Å²) in [4.78, 5) is 41.2. The maximum Gasteiger partial charge on any atom is 0.355 e. The zero-order valence-corrected chi connectivity index (χ0v) is 12.2. The molecule has 21 heavy (non-hydrogen) atoms. The normalized spacial score (nSPS) is 11.9. The molecule has 8 heteroatoms. The van der Waals surface area contributed by atoms with E-state index in [1.807, 2.05) is 0 Å². The summed E-state index contributed by atoms with van der Waals surface area (Å²) in [6.07, 6.45) is 1.35. The Balaban J connectivity index is 2.14. The van der Waals surface area contributed by atoms with Crippen LogP contribution in [0.5, 0.6) is 0 Å². The van der Waals surface area contributed by atoms with Crippen LogP contribution in [-0.2, 0) is 0 Å². The Labute approximate surface area is 123 Å². The minimum Gasteiger partial charge on any atom is -0.476 e. The van der Waals surface area contributed by atoms with Crippen molar-refractivity contribution in [3.8, 4) is 0 Å². The number of carboxylic acids is 1. The lowest BCUT2D eigenvalue weighted by atomic mass is 10.2. The summed E-state index contributed by atoms with van der Waals surface area (Å²) in [5, 5.41) is 13.3. The van der Waals surface area contributed by atoms with E-state index in [2.05, 4.69) is 15.3 Å². The predicted molar refractivity (Wildman–Crippen MR) is 76.8 cm³/mol. The van der Waals surface area contributed by atoms with Crippen LogP contribution < -0.4 is 10.7 Å². The number of amides is 1. The third kappa shape index (κ3) is 3.34. The van der Waals surface area contributed by atoms with Gasteiger partial charge in [0.15, 0.2) is 11.1 Å². The van der Waals surface area contributed by atoms with E-state index in [-0.39, 0.29) is 16.7 Å². The lowest BCUT2D eigenvalue weighted by Gasteiger charge is -2.10. The van der Waals surface area contributed by atoms with Gasteiger partial charge in [-0.3, -0.25) is 9.59 Å². The van der Waals surface area contributed by atoms with Crippen molar-refractivity contribution in [2.24, 2.45) is 0 Å². The first kappa shape index (κ1) is 14.9. The maximum absolute atomic E-state index is 12.0. The van der Waals surface area contributed by atoms with Crippen molar-refractivity contribution in [3.05, 3.63) is 49.8 Å². The topological polar surface area (TPSA) is 112 Å². The Morgan fingerprint density at radius 2 is 2.19 bits per heavy atom. The van der Waals surface area contributed by atoms with E-state index in [1.165, 1.54) is 17.6 Å². The van der Waals surface area contributed by atoms with Gasteiger partial charge in [-0.25, -0.2) is 9.78 Å². The van der Waals surface area contributed by atoms with Gasteiger partial charge in [-0.1, -0.05) is 0 Å². The molecule has 0 saturated heterocycles. The van der Waals surface area contributed by atoms with Crippen LogP contribution in [0.25, 0.3) is 0 Å². The molecule has 0 aliphatic heterocycles. The van der Waals surface area contributed by atoms with Crippen LogP contribution in [0.2, 0.25) is 0 Å². The average Bonchev–Trinajstić information content (AvgIpc) is 2.88. The number of hydrogen-bond donors (Lipinski definition) is 3. The van der Waals surface area contributed by atoms with Gasteiger partial charge in [0.2, 0.25) is 0 Å². The first-order chi connectivity index (χ1) is 9.88. The van der Waals surface area contributed by atoms with Crippen molar-refractivity contribution in [2.45, 2.75) is 19.9 Å². The van der Waals surface area contributed by atoms with E-state index in [0.29, 0.717) is 10.7 Å². The molecule has 2 aromatic heterocycles. The van der Waals surface area contributed by atoms with E-state index in [1.54, 1.807) is 13.8 Å². The average molecular weight is 307 g/mol. The van der Waals surface area contributed by atoms with Gasteiger partial charge in [0.25, 0.3) is 5.91 Å². The molecule has 0 radical (unpaired) electrons. The summed E-state index contributed by atoms with van der Waals surface area (Å²) >= 11 is 1.14. The van der Waals surface area contributed by atoms with Gasteiger partial charge in [-0.15, -0.1) is 11.3 Å². The number of hydrogen-bond acceptors (Lipinski definition) is 5. The summed E-state index contributed by atoms with van der Waals surface area (Å²) in [6.45, 7) is 3.39. The van der Waals surface area contributed by atoms with Crippen LogP contribution in [0.1, 0.15) is 44.5 Å². The summed E-state index contributed by atoms with van der Waals surface area (Å²) in [5.41, 5.74) is 0.226. The number of thiazole rings is 1. The van der Waals surface area contributed by atoms with E-state index < -0.39 is 17.9 Å². The number of aromatic amines is 1. The molecule has 1 atom stereocenters. The van der Waals surface area contributed by atoms with E-state index >= 15 is 0 Å². The first-order valence-electron chi connectivity index (χ1n) is 6.07. The molecule has 1 unspecified atom stereocenters. The van der Waals surface area contributed by atoms with Crippen molar-refractivity contribution in [3.63, 3.8) is 0 Å². The lowest BCUT2D eigenvalue weighted by molar-refractivity contribution is 0.0691. The number of rotatable bonds is 4. The number of nitrogens with one attached hydrogen (secondary N) is 2. The molecule has 1 amide bonds. The summed E-state index contributed by atoms with van der Waals surface area (Å²) in [6, 6.07) is 0.849. The van der Waals surface area contributed by atoms with E-state index in [0.717, 1.165) is 11.3 Å². The number of aromatic carboxylic acids is 1. The van der Waals surface area contributed by atoms with Crippen molar-refractivity contribution in [1.29, 1.82) is 0 Å². The summed E-state index contributed by atoms with van der Waals surface area (Å²) in [5.74, 6) is -1.65. The molecule has 2 aromatic rings. The highest BCUT2D eigenvalue weighted by molar-refractivity contribution is 7.09. The van der Waals surface area contributed by atoms with Crippen LogP contribution in [0.4, 0.5) is 0 Å². The summed E-state index contributed by atoms with van der Waals surface area (Å²) in [7, 11) is 0. The third-order valence-electron chi connectivity index (χ3n) is 2.76. The number of carbonyl (C=O) groups excluding carboxylic acids is 1. The Morgan fingerprint density at radius 3 is 2.76 bits per heavy atom. The zero-order chi connectivity index (χ0) is 15.6. The molecule has 3 N–H and O–H groups in total. The van der Waals surface area contributed by atoms with Gasteiger partial charge < -0.3 is 15.4 Å². The molecule has 2 heterocycles. The van der Waals surface area contributed by atoms with Crippen molar-refractivity contribution < 1.29 is 14.7 Å². The number of carboxylic acid groups (broad SMARTS) is 1. The Morgan fingerprint density at radius 1 is 1.48 bits per heavy atom. The van der Waals surface area contributed by atoms with Crippen molar-refractivity contribution in [1.82, 2.24) is 15.3 Å². The number of nitrogens with zero attached hydrogens (tertiary/aromatic N) is 1. The molecule has 0 bridgehead atoms. The summed E-state index contributed by atoms with van der Waals surface area (Å²) < 4.78 is 0. The largest absolute Gasteiger partial charge is 0.476 e. The standard InChI is InChI=1S/C13H13N3O4S/c1-6-3-10(17)8(4-14-6)11(18)15-7(2)12-16-9(5-21-12)13(19)20/h3-5,7H,1-2H3,(H,14,17)(H,15,18)(H,19,20). The molecule has 7 nitrogen and oxygen atoms in total. The molecule has 110 valence electrons. The lowest BCUT2D eigenvalue weighted by Crippen LogP contribution is -2.31. The fraction of sp³-hybridized carbons (Fsp3) is 0.231. The van der Waals surface area contributed by atoms with Crippen LogP contribution in [0.3, 0.4) is 0 Å². The fourth-order valence-corrected chi connectivity index (χ4v) is 2.47. The monoisotopic (exact) mass is 307 g/mol. The second-order valence-electron chi connectivity index (χ2n) is 4.47. The second-order valence-corrected chi connectivity index (χ2v) is 5.35. The molecule has 0 aliphatic carbocycles. The second kappa shape index (κ2) is 5.88. The van der Waals surface area contributed by atoms with Crippen molar-refractivity contribution >= 4 is 23.2 Å². The quantitative estimate of drug-likeness (QED) is 0.789. The fourth-order valence-electron chi connectivity index (χ4n) is 1.67. The van der Waals surface area contributed by atoms with Gasteiger partial charge >= 0.3 is 5.97 Å². The van der Waals surface area contributed by atoms with Crippen LogP contribution in [0.15, 0.2) is 22.4 Å². The number of aryl methyl sites for hydroxylation is 1. The molecule has 0 saturated carbocycles. The number of carbonyl (C=O) groups is 2. The van der Waals surface area contributed by atoms with Crippen LogP contribution in [0, 0.1) is 6.92 Å². The van der Waals surface area contributed by atoms with E-state index in [9.17, 15) is 14.4 Å². The molecule has 0 aliphatic rings. The van der Waals surface area contributed by atoms with Gasteiger partial charge in [-0.2, -0.15) is 0 Å². The number of aromatic nitrogens is 2. The predicted octanol–water partition coefficient (Wildman–Crippen LogP) is 1.33. The van der Waals surface area contributed by atoms with E-state index in [4.69, 9.17) is 5.11 Å². The van der Waals surface area contributed by atoms with Gasteiger partial charge in [-0.05, 0) is 13.8 Å². The molecule has 2 rings (SSSR count). The SMILES string of the molecule is Cc1cc(=O)c(C(=O)NC(C)c2nc(C(=O)O)cs2)c[nH]1. The Kier molecular flexibility index (Phi) is 4.18. The highest BCUT2D eigenvalue weighted by Gasteiger charge is 2.18. The minimum atomic E-state index is -1.12. The third-order valence-corrected chi connectivity index (χ3v) is 3.79. The first-order valence-corrected chi connectivity index (χ1v) is 6.95. The van der Waals surface area contributed by atoms with Gasteiger partial charge in [0.1, 0.15) is 10.6 Å². The Hall–Kier alpha value is -2.48. The van der Waals surface area contributed by atoms with Gasteiger partial charge in [0, 0.05) is 23.3 Å². The highest BCUT2D eigenvalue weighted by atomic mass is 32.1. The molecule has 0 spiro atoms. The number of pyridine rings is 1.